The molecule has 7 nitrogen and oxygen atoms in total. The number of rotatable bonds is 5. The number of aromatic nitrogens is 3. The molecule has 144 valence electrons. The van der Waals surface area contributed by atoms with Gasteiger partial charge in [-0.3, -0.25) is 14.4 Å². The lowest BCUT2D eigenvalue weighted by atomic mass is 10.2. The second kappa shape index (κ2) is 7.34. The Kier molecular flexibility index (Phi) is 4.73. The number of fused-ring (bicyclic) bond motifs is 1. The molecule has 1 amide bonds. The van der Waals surface area contributed by atoms with Gasteiger partial charge < -0.3 is 9.64 Å². The van der Waals surface area contributed by atoms with Gasteiger partial charge in [0, 0.05) is 20.6 Å². The van der Waals surface area contributed by atoms with Crippen LogP contribution in [-0.4, -0.2) is 41.3 Å². The first-order chi connectivity index (χ1) is 13.5. The Bertz CT molecular complexity index is 997. The van der Waals surface area contributed by atoms with Crippen LogP contribution in [-0.2, 0) is 13.2 Å². The van der Waals surface area contributed by atoms with Crippen LogP contribution in [0.5, 0.6) is 5.75 Å². The van der Waals surface area contributed by atoms with E-state index in [2.05, 4.69) is 10.1 Å². The molecule has 0 aliphatic carbocycles. The van der Waals surface area contributed by atoms with Gasteiger partial charge in [-0.2, -0.15) is 5.10 Å². The second-order valence-electron chi connectivity index (χ2n) is 7.01. The number of anilines is 2. The van der Waals surface area contributed by atoms with Gasteiger partial charge in [-0.05, 0) is 36.8 Å². The van der Waals surface area contributed by atoms with Crippen molar-refractivity contribution in [2.75, 3.05) is 30.4 Å². The summed E-state index contributed by atoms with van der Waals surface area (Å²) >= 11 is 0. The summed E-state index contributed by atoms with van der Waals surface area (Å²) < 4.78 is 7.52. The molecule has 0 fully saturated rings. The van der Waals surface area contributed by atoms with Crippen molar-refractivity contribution in [2.45, 2.75) is 20.1 Å². The maximum absolute atomic E-state index is 13.1. The average Bonchev–Trinajstić information content (AvgIpc) is 3.12. The first-order valence-corrected chi connectivity index (χ1v) is 9.24. The Morgan fingerprint density at radius 2 is 1.89 bits per heavy atom. The van der Waals surface area contributed by atoms with Gasteiger partial charge >= 0.3 is 0 Å². The number of carbonyl (C=O) groups excluding carboxylic acids is 1. The molecule has 0 unspecified atom stereocenters. The van der Waals surface area contributed by atoms with Crippen LogP contribution in [0.2, 0.25) is 0 Å². The van der Waals surface area contributed by atoms with Gasteiger partial charge in [0.05, 0.1) is 6.54 Å². The number of nitrogens with zero attached hydrogens (tertiary/aromatic N) is 5. The molecular formula is C21H23N5O2. The van der Waals surface area contributed by atoms with Crippen LogP contribution >= 0.6 is 0 Å². The number of para-hydroxylation sites is 1. The van der Waals surface area contributed by atoms with Crippen LogP contribution in [0.4, 0.5) is 11.6 Å². The predicted octanol–water partition coefficient (Wildman–Crippen LogP) is 2.89. The van der Waals surface area contributed by atoms with Gasteiger partial charge in [0.1, 0.15) is 35.4 Å². The molecule has 3 heterocycles. The molecule has 0 saturated carbocycles. The highest BCUT2D eigenvalue weighted by molar-refractivity contribution is 6.05. The van der Waals surface area contributed by atoms with Crippen molar-refractivity contribution < 1.29 is 9.53 Å². The standard InChI is InChI=1S/C21H23N5O2/c1-15-9-10-19(24(2)3)22-20(15)25-11-12-26-18(21(25)27)13-16(23-26)14-28-17-7-5-4-6-8-17/h4-10,13H,11-12,14H2,1-3H3. The van der Waals surface area contributed by atoms with Crippen LogP contribution in [0, 0.1) is 6.92 Å². The molecule has 7 heteroatoms. The highest BCUT2D eigenvalue weighted by Gasteiger charge is 2.29. The SMILES string of the molecule is Cc1ccc(N(C)C)nc1N1CCn2nc(COc3ccccc3)cc2C1=O. The maximum Gasteiger partial charge on any atom is 0.277 e. The third kappa shape index (κ3) is 3.43. The Morgan fingerprint density at radius 1 is 1.11 bits per heavy atom. The van der Waals surface area contributed by atoms with E-state index in [1.807, 2.05) is 74.4 Å². The van der Waals surface area contributed by atoms with Gasteiger partial charge in [0.25, 0.3) is 5.91 Å². The Hall–Kier alpha value is -3.35. The Morgan fingerprint density at radius 3 is 2.64 bits per heavy atom. The minimum atomic E-state index is -0.0868. The molecule has 4 rings (SSSR count). The molecule has 0 bridgehead atoms. The predicted molar refractivity (Wildman–Crippen MR) is 108 cm³/mol. The van der Waals surface area contributed by atoms with Crippen molar-refractivity contribution in [3.8, 4) is 5.75 Å². The van der Waals surface area contributed by atoms with Gasteiger partial charge in [-0.15, -0.1) is 0 Å². The molecule has 0 atom stereocenters. The topological polar surface area (TPSA) is 63.5 Å². The monoisotopic (exact) mass is 377 g/mol. The highest BCUT2D eigenvalue weighted by Crippen LogP contribution is 2.25. The van der Waals surface area contributed by atoms with Gasteiger partial charge in [-0.1, -0.05) is 24.3 Å². The molecule has 1 aliphatic rings. The molecule has 2 aromatic heterocycles. The van der Waals surface area contributed by atoms with Crippen molar-refractivity contribution >= 4 is 17.5 Å². The lowest BCUT2D eigenvalue weighted by Crippen LogP contribution is -2.41. The molecule has 0 spiro atoms. The summed E-state index contributed by atoms with van der Waals surface area (Å²) in [5.74, 6) is 2.22. The van der Waals surface area contributed by atoms with E-state index < -0.39 is 0 Å². The second-order valence-corrected chi connectivity index (χ2v) is 7.01. The zero-order valence-electron chi connectivity index (χ0n) is 16.3. The van der Waals surface area contributed by atoms with Gasteiger partial charge in [-0.25, -0.2) is 4.98 Å². The molecule has 0 radical (unpaired) electrons. The number of amides is 1. The van der Waals surface area contributed by atoms with E-state index in [0.717, 1.165) is 22.8 Å². The molecule has 28 heavy (non-hydrogen) atoms. The number of hydrogen-bond donors (Lipinski definition) is 0. The molecular weight excluding hydrogens is 354 g/mol. The smallest absolute Gasteiger partial charge is 0.277 e. The minimum absolute atomic E-state index is 0.0868. The highest BCUT2D eigenvalue weighted by atomic mass is 16.5. The number of aryl methyl sites for hydroxylation is 1. The van der Waals surface area contributed by atoms with Crippen molar-refractivity contribution in [3.63, 3.8) is 0 Å². The molecule has 1 aliphatic heterocycles. The fourth-order valence-electron chi connectivity index (χ4n) is 3.22. The summed E-state index contributed by atoms with van der Waals surface area (Å²) in [7, 11) is 3.88. The van der Waals surface area contributed by atoms with Crippen LogP contribution in [0.3, 0.4) is 0 Å². The van der Waals surface area contributed by atoms with Crippen molar-refractivity contribution in [1.82, 2.24) is 14.8 Å². The Labute approximate surface area is 164 Å². The van der Waals surface area contributed by atoms with Crippen molar-refractivity contribution in [2.24, 2.45) is 0 Å². The van der Waals surface area contributed by atoms with Crippen LogP contribution in [0.15, 0.2) is 48.5 Å². The van der Waals surface area contributed by atoms with Gasteiger partial charge in [0.15, 0.2) is 0 Å². The third-order valence-corrected chi connectivity index (χ3v) is 4.73. The Balaban J connectivity index is 1.56. The minimum Gasteiger partial charge on any atom is -0.487 e. The fourth-order valence-corrected chi connectivity index (χ4v) is 3.22. The lowest BCUT2D eigenvalue weighted by molar-refractivity contribution is 0.0961. The first kappa shape index (κ1) is 18.0. The third-order valence-electron chi connectivity index (χ3n) is 4.73. The number of carbonyl (C=O) groups is 1. The average molecular weight is 377 g/mol. The first-order valence-electron chi connectivity index (χ1n) is 9.24. The summed E-state index contributed by atoms with van der Waals surface area (Å²) in [4.78, 5) is 21.5. The quantitative estimate of drug-likeness (QED) is 0.684. The molecule has 1 aromatic carbocycles. The van der Waals surface area contributed by atoms with E-state index in [9.17, 15) is 4.79 Å². The summed E-state index contributed by atoms with van der Waals surface area (Å²) in [5.41, 5.74) is 2.27. The normalized spacial score (nSPS) is 13.4. The summed E-state index contributed by atoms with van der Waals surface area (Å²) in [6.45, 7) is 3.46. The van der Waals surface area contributed by atoms with E-state index in [0.29, 0.717) is 31.2 Å². The molecule has 0 N–H and O–H groups in total. The van der Waals surface area contributed by atoms with Gasteiger partial charge in [0.2, 0.25) is 0 Å². The van der Waals surface area contributed by atoms with Crippen LogP contribution in [0.25, 0.3) is 0 Å². The maximum atomic E-state index is 13.1. The fraction of sp³-hybridized carbons (Fsp3) is 0.286. The summed E-state index contributed by atoms with van der Waals surface area (Å²) in [6.07, 6.45) is 0. The van der Waals surface area contributed by atoms with Crippen LogP contribution < -0.4 is 14.5 Å². The number of ether oxygens (including phenoxy) is 1. The largest absolute Gasteiger partial charge is 0.487 e. The van der Waals surface area contributed by atoms with E-state index >= 15 is 0 Å². The number of benzene rings is 1. The summed E-state index contributed by atoms with van der Waals surface area (Å²) in [5, 5.41) is 4.53. The molecule has 3 aromatic rings. The zero-order valence-corrected chi connectivity index (χ0v) is 16.3. The van der Waals surface area contributed by atoms with Crippen molar-refractivity contribution in [1.29, 1.82) is 0 Å². The van der Waals surface area contributed by atoms with E-state index in [-0.39, 0.29) is 5.91 Å². The van der Waals surface area contributed by atoms with E-state index in [1.54, 1.807) is 9.58 Å². The number of pyridine rings is 1. The summed E-state index contributed by atoms with van der Waals surface area (Å²) in [6, 6.07) is 15.3. The van der Waals surface area contributed by atoms with E-state index in [4.69, 9.17) is 4.74 Å². The lowest BCUT2D eigenvalue weighted by Gasteiger charge is -2.28. The number of hydrogen-bond acceptors (Lipinski definition) is 5. The molecule has 0 saturated heterocycles. The van der Waals surface area contributed by atoms with Crippen molar-refractivity contribution in [3.05, 3.63) is 65.5 Å². The van der Waals surface area contributed by atoms with Crippen LogP contribution in [0.1, 0.15) is 21.7 Å². The zero-order chi connectivity index (χ0) is 19.7. The van der Waals surface area contributed by atoms with E-state index in [1.165, 1.54) is 0 Å².